The molecule has 0 aliphatic rings. The summed E-state index contributed by atoms with van der Waals surface area (Å²) in [6.07, 6.45) is 1.63. The van der Waals surface area contributed by atoms with Crippen molar-refractivity contribution in [3.63, 3.8) is 0 Å². The maximum absolute atomic E-state index is 11.2. The van der Waals surface area contributed by atoms with Crippen LogP contribution in [0.2, 0.25) is 0 Å². The normalized spacial score (nSPS) is 10.9. The van der Waals surface area contributed by atoms with Crippen LogP contribution < -0.4 is 0 Å². The van der Waals surface area contributed by atoms with Gasteiger partial charge in [-0.05, 0) is 56.1 Å². The van der Waals surface area contributed by atoms with E-state index in [9.17, 15) is 9.90 Å². The largest absolute Gasteiger partial charge is 0.478 e. The standard InChI is InChI=1S/C14H8Br2N2O2/c15-9-4-2-5-10(16)13(9)18-7-17-12-8(14(19)20)3-1-6-11(12)18/h1-7H,(H,19,20). The number of rotatable bonds is 2. The predicted octanol–water partition coefficient (Wildman–Crippen LogP) is 4.25. The molecule has 1 N–H and O–H groups in total. The molecule has 0 saturated heterocycles. The molecule has 20 heavy (non-hydrogen) atoms. The first-order valence-electron chi connectivity index (χ1n) is 5.73. The number of fused-ring (bicyclic) bond motifs is 1. The minimum Gasteiger partial charge on any atom is -0.478 e. The lowest BCUT2D eigenvalue weighted by molar-refractivity contribution is 0.0699. The summed E-state index contributed by atoms with van der Waals surface area (Å²) in [5.74, 6) is -0.980. The Bertz CT molecular complexity index is 807. The fraction of sp³-hybridized carbons (Fsp3) is 0. The van der Waals surface area contributed by atoms with E-state index in [0.717, 1.165) is 20.1 Å². The van der Waals surface area contributed by atoms with E-state index in [2.05, 4.69) is 36.8 Å². The molecule has 0 bridgehead atoms. The monoisotopic (exact) mass is 394 g/mol. The van der Waals surface area contributed by atoms with Crippen LogP contribution in [0.3, 0.4) is 0 Å². The van der Waals surface area contributed by atoms with Gasteiger partial charge < -0.3 is 5.11 Å². The van der Waals surface area contributed by atoms with E-state index >= 15 is 0 Å². The SMILES string of the molecule is O=C(O)c1cccc2c1ncn2-c1c(Br)cccc1Br. The molecule has 4 nitrogen and oxygen atoms in total. The zero-order valence-corrected chi connectivity index (χ0v) is 13.2. The van der Waals surface area contributed by atoms with Crippen molar-refractivity contribution >= 4 is 48.9 Å². The van der Waals surface area contributed by atoms with Gasteiger partial charge in [-0.1, -0.05) is 12.1 Å². The van der Waals surface area contributed by atoms with Crippen molar-refractivity contribution in [3.05, 3.63) is 57.2 Å². The molecule has 1 aromatic heterocycles. The van der Waals surface area contributed by atoms with E-state index in [1.807, 2.05) is 28.8 Å². The maximum Gasteiger partial charge on any atom is 0.337 e. The van der Waals surface area contributed by atoms with Crippen molar-refractivity contribution in [3.8, 4) is 5.69 Å². The molecule has 0 unspecified atom stereocenters. The van der Waals surface area contributed by atoms with E-state index in [1.165, 1.54) is 0 Å². The molecule has 6 heteroatoms. The van der Waals surface area contributed by atoms with Crippen molar-refractivity contribution < 1.29 is 9.90 Å². The van der Waals surface area contributed by atoms with Crippen molar-refractivity contribution in [2.75, 3.05) is 0 Å². The van der Waals surface area contributed by atoms with E-state index in [1.54, 1.807) is 18.5 Å². The van der Waals surface area contributed by atoms with Crippen LogP contribution in [-0.4, -0.2) is 20.6 Å². The predicted molar refractivity (Wildman–Crippen MR) is 83.4 cm³/mol. The molecule has 0 aliphatic carbocycles. The Balaban J connectivity index is 2.34. The van der Waals surface area contributed by atoms with Crippen LogP contribution in [0.1, 0.15) is 10.4 Å². The van der Waals surface area contributed by atoms with Crippen molar-refractivity contribution in [1.82, 2.24) is 9.55 Å². The van der Waals surface area contributed by atoms with Gasteiger partial charge in [0.2, 0.25) is 0 Å². The lowest BCUT2D eigenvalue weighted by Crippen LogP contribution is -1.98. The molecule has 1 heterocycles. The number of halogens is 2. The molecule has 0 saturated carbocycles. The Labute approximate surface area is 131 Å². The van der Waals surface area contributed by atoms with Gasteiger partial charge in [-0.3, -0.25) is 4.57 Å². The number of nitrogens with zero attached hydrogens (tertiary/aromatic N) is 2. The molecule has 100 valence electrons. The highest BCUT2D eigenvalue weighted by Crippen LogP contribution is 2.32. The second-order valence-electron chi connectivity index (χ2n) is 4.16. The van der Waals surface area contributed by atoms with Gasteiger partial charge in [0.05, 0.1) is 16.8 Å². The average molecular weight is 396 g/mol. The van der Waals surface area contributed by atoms with Crippen LogP contribution in [-0.2, 0) is 0 Å². The van der Waals surface area contributed by atoms with Crippen LogP contribution >= 0.6 is 31.9 Å². The first kappa shape index (κ1) is 13.3. The van der Waals surface area contributed by atoms with E-state index < -0.39 is 5.97 Å². The smallest absolute Gasteiger partial charge is 0.337 e. The van der Waals surface area contributed by atoms with Gasteiger partial charge in [-0.25, -0.2) is 9.78 Å². The number of aromatic carboxylic acids is 1. The first-order chi connectivity index (χ1) is 9.59. The van der Waals surface area contributed by atoms with Crippen LogP contribution in [0.4, 0.5) is 0 Å². The third-order valence-electron chi connectivity index (χ3n) is 2.99. The molecule has 3 aromatic rings. The quantitative estimate of drug-likeness (QED) is 0.705. The summed E-state index contributed by atoms with van der Waals surface area (Å²) in [5.41, 5.74) is 2.31. The summed E-state index contributed by atoms with van der Waals surface area (Å²) in [6.45, 7) is 0. The van der Waals surface area contributed by atoms with Crippen LogP contribution in [0.5, 0.6) is 0 Å². The molecule has 0 fully saturated rings. The summed E-state index contributed by atoms with van der Waals surface area (Å²) in [7, 11) is 0. The van der Waals surface area contributed by atoms with E-state index in [4.69, 9.17) is 0 Å². The van der Waals surface area contributed by atoms with Gasteiger partial charge in [0, 0.05) is 8.95 Å². The van der Waals surface area contributed by atoms with Gasteiger partial charge in [-0.15, -0.1) is 0 Å². The number of hydrogen-bond acceptors (Lipinski definition) is 2. The Hall–Kier alpha value is -1.66. The molecule has 0 radical (unpaired) electrons. The zero-order chi connectivity index (χ0) is 14.3. The Morgan fingerprint density at radius 2 is 1.75 bits per heavy atom. The maximum atomic E-state index is 11.2. The number of carboxylic acids is 1. The fourth-order valence-electron chi connectivity index (χ4n) is 2.11. The van der Waals surface area contributed by atoms with Crippen molar-refractivity contribution in [1.29, 1.82) is 0 Å². The Kier molecular flexibility index (Phi) is 3.35. The van der Waals surface area contributed by atoms with Gasteiger partial charge in [0.1, 0.15) is 11.8 Å². The highest BCUT2D eigenvalue weighted by Gasteiger charge is 2.15. The minimum atomic E-state index is -0.980. The van der Waals surface area contributed by atoms with Crippen LogP contribution in [0.15, 0.2) is 51.7 Å². The average Bonchev–Trinajstić information content (AvgIpc) is 2.82. The highest BCUT2D eigenvalue weighted by molar-refractivity contribution is 9.11. The lowest BCUT2D eigenvalue weighted by atomic mass is 10.2. The number of carbonyl (C=O) groups is 1. The molecular formula is C14H8Br2N2O2. The molecule has 3 rings (SSSR count). The van der Waals surface area contributed by atoms with Crippen LogP contribution in [0, 0.1) is 0 Å². The summed E-state index contributed by atoms with van der Waals surface area (Å²) >= 11 is 7.01. The topological polar surface area (TPSA) is 55.1 Å². The second kappa shape index (κ2) is 5.03. The summed E-state index contributed by atoms with van der Waals surface area (Å²) < 4.78 is 3.65. The van der Waals surface area contributed by atoms with Crippen molar-refractivity contribution in [2.24, 2.45) is 0 Å². The summed E-state index contributed by atoms with van der Waals surface area (Å²) in [5, 5.41) is 9.20. The zero-order valence-electron chi connectivity index (χ0n) is 10.0. The summed E-state index contributed by atoms with van der Waals surface area (Å²) in [6, 6.07) is 10.9. The molecule has 0 amide bonds. The Morgan fingerprint density at radius 1 is 1.10 bits per heavy atom. The molecule has 0 atom stereocenters. The number of imidazole rings is 1. The van der Waals surface area contributed by atoms with Gasteiger partial charge in [-0.2, -0.15) is 0 Å². The van der Waals surface area contributed by atoms with Crippen LogP contribution in [0.25, 0.3) is 16.7 Å². The molecule has 0 aliphatic heterocycles. The lowest BCUT2D eigenvalue weighted by Gasteiger charge is -2.09. The molecule has 0 spiro atoms. The molecule has 2 aromatic carbocycles. The van der Waals surface area contributed by atoms with Gasteiger partial charge in [0.25, 0.3) is 0 Å². The van der Waals surface area contributed by atoms with Gasteiger partial charge >= 0.3 is 5.97 Å². The van der Waals surface area contributed by atoms with Crippen molar-refractivity contribution in [2.45, 2.75) is 0 Å². The fourth-order valence-corrected chi connectivity index (χ4v) is 3.49. The number of hydrogen-bond donors (Lipinski definition) is 1. The van der Waals surface area contributed by atoms with E-state index in [-0.39, 0.29) is 5.56 Å². The number of para-hydroxylation sites is 2. The highest BCUT2D eigenvalue weighted by atomic mass is 79.9. The second-order valence-corrected chi connectivity index (χ2v) is 5.87. The van der Waals surface area contributed by atoms with Gasteiger partial charge in [0.15, 0.2) is 0 Å². The number of carboxylic acid groups (broad SMARTS) is 1. The third kappa shape index (κ3) is 2.05. The number of aromatic nitrogens is 2. The van der Waals surface area contributed by atoms with E-state index in [0.29, 0.717) is 5.52 Å². The third-order valence-corrected chi connectivity index (χ3v) is 4.27. The Morgan fingerprint density at radius 3 is 2.40 bits per heavy atom. The molecular weight excluding hydrogens is 388 g/mol. The first-order valence-corrected chi connectivity index (χ1v) is 7.32. The minimum absolute atomic E-state index is 0.199. The number of benzene rings is 2. The summed E-state index contributed by atoms with van der Waals surface area (Å²) in [4.78, 5) is 15.5.